The average molecular weight is 761 g/mol. The Balaban J connectivity index is 1.19. The highest BCUT2D eigenvalue weighted by Gasteiger charge is 2.52. The molecule has 2 aromatic heterocycles. The first-order chi connectivity index (χ1) is 25.5. The van der Waals surface area contributed by atoms with E-state index >= 15 is 8.78 Å². The molecule has 3 aromatic carbocycles. The minimum Gasteiger partial charge on any atom is -0.465 e. The van der Waals surface area contributed by atoms with Crippen LogP contribution in [0.1, 0.15) is 69.1 Å². The van der Waals surface area contributed by atoms with E-state index in [0.29, 0.717) is 24.6 Å². The molecule has 1 N–H and O–H groups in total. The summed E-state index contributed by atoms with van der Waals surface area (Å²) in [5, 5.41) is 3.18. The zero-order valence-electron chi connectivity index (χ0n) is 31.2. The van der Waals surface area contributed by atoms with Gasteiger partial charge in [0.05, 0.1) is 30.7 Å². The molecule has 282 valence electrons. The maximum atomic E-state index is 16.8. The first-order valence-corrected chi connectivity index (χ1v) is 21.6. The van der Waals surface area contributed by atoms with Crippen LogP contribution in [-0.4, -0.2) is 85.6 Å². The third-order valence-electron chi connectivity index (χ3n) is 11.0. The van der Waals surface area contributed by atoms with Crippen LogP contribution in [0.3, 0.4) is 0 Å². The molecule has 2 aliphatic rings. The SMILES string of the molecule is C[C@@H]1Cc2c([nH]c3ccccc23)[C@@H](c2cnc(O[C@H]3CCCN(CCCF)C3)s2)N1CC(F)(F)CO[Si](c1ccccc1)(c1ccccc1)C(C)(C)C. The molecule has 0 unspecified atom stereocenters. The number of fused-ring (bicyclic) bond motifs is 3. The second-order valence-corrected chi connectivity index (χ2v) is 21.1. The van der Waals surface area contributed by atoms with Gasteiger partial charge in [0, 0.05) is 41.9 Å². The molecule has 0 bridgehead atoms. The van der Waals surface area contributed by atoms with Gasteiger partial charge in [0.1, 0.15) is 6.10 Å². The van der Waals surface area contributed by atoms with Gasteiger partial charge >= 0.3 is 0 Å². The van der Waals surface area contributed by atoms with Crippen molar-refractivity contribution in [2.45, 2.75) is 82.5 Å². The summed E-state index contributed by atoms with van der Waals surface area (Å²) < 4.78 is 59.7. The van der Waals surface area contributed by atoms with Crippen molar-refractivity contribution in [2.75, 3.05) is 39.5 Å². The van der Waals surface area contributed by atoms with Gasteiger partial charge in [0.15, 0.2) is 0 Å². The second kappa shape index (κ2) is 15.7. The first-order valence-electron chi connectivity index (χ1n) is 18.9. The maximum Gasteiger partial charge on any atom is 0.282 e. The van der Waals surface area contributed by atoms with Crippen LogP contribution in [0, 0.1) is 0 Å². The van der Waals surface area contributed by atoms with Crippen molar-refractivity contribution < 1.29 is 22.3 Å². The van der Waals surface area contributed by atoms with E-state index in [0.717, 1.165) is 63.3 Å². The molecule has 2 aliphatic heterocycles. The third-order valence-corrected chi connectivity index (χ3v) is 16.9. The summed E-state index contributed by atoms with van der Waals surface area (Å²) in [5.41, 5.74) is 3.08. The molecule has 6 nitrogen and oxygen atoms in total. The molecule has 0 aliphatic carbocycles. The van der Waals surface area contributed by atoms with E-state index in [1.807, 2.05) is 90.7 Å². The summed E-state index contributed by atoms with van der Waals surface area (Å²) in [6.07, 6.45) is 4.79. The number of hydrogen-bond donors (Lipinski definition) is 1. The van der Waals surface area contributed by atoms with E-state index in [-0.39, 0.29) is 18.8 Å². The minimum absolute atomic E-state index is 0.0460. The number of hydrogen-bond acceptors (Lipinski definition) is 6. The fraction of sp³-hybridized carbons (Fsp3) is 0.452. The lowest BCUT2D eigenvalue weighted by molar-refractivity contribution is -0.0818. The smallest absolute Gasteiger partial charge is 0.282 e. The summed E-state index contributed by atoms with van der Waals surface area (Å²) in [6.45, 7) is 9.24. The first kappa shape index (κ1) is 37.8. The van der Waals surface area contributed by atoms with Crippen LogP contribution >= 0.6 is 11.3 Å². The number of benzene rings is 3. The van der Waals surface area contributed by atoms with Gasteiger partial charge < -0.3 is 14.1 Å². The Labute approximate surface area is 316 Å². The molecule has 4 heterocycles. The topological polar surface area (TPSA) is 53.6 Å². The quantitative estimate of drug-likeness (QED) is 0.122. The van der Waals surface area contributed by atoms with Crippen molar-refractivity contribution >= 4 is 40.9 Å². The Kier molecular flexibility index (Phi) is 11.2. The number of piperidine rings is 1. The molecule has 0 spiro atoms. The number of ether oxygens (including phenoxy) is 1. The normalized spacial score (nSPS) is 20.5. The zero-order valence-corrected chi connectivity index (χ0v) is 33.0. The number of H-pyrrole nitrogens is 1. The van der Waals surface area contributed by atoms with Crippen molar-refractivity contribution in [1.82, 2.24) is 19.8 Å². The van der Waals surface area contributed by atoms with Gasteiger partial charge in [-0.05, 0) is 66.2 Å². The lowest BCUT2D eigenvalue weighted by atomic mass is 9.91. The van der Waals surface area contributed by atoms with Crippen LogP contribution in [0.15, 0.2) is 91.1 Å². The highest BCUT2D eigenvalue weighted by atomic mass is 32.1. The van der Waals surface area contributed by atoms with Gasteiger partial charge in [0.2, 0.25) is 0 Å². The molecular formula is C42H51F3N4O2SSi. The standard InChI is InChI=1S/C42H51F3N4O2SSi/c1-30-25-35-34-20-11-12-21-36(34)47-38(35)39(37-26-46-40(52-37)51-31-15-13-23-48(27-31)24-14-22-43)49(30)28-42(44,45)29-50-53(41(2,3)4,32-16-7-5-8-17-32)33-18-9-6-10-19-33/h5-12,16-21,26,30-31,39,47H,13-15,22-25,27-29H2,1-4H3/t30-,31+,39-/m1/s1. The predicted molar refractivity (Wildman–Crippen MR) is 211 cm³/mol. The van der Waals surface area contributed by atoms with Crippen LogP contribution in [0.25, 0.3) is 10.9 Å². The number of para-hydroxylation sites is 1. The van der Waals surface area contributed by atoms with Crippen molar-refractivity contribution in [3.05, 3.63) is 107 Å². The molecule has 1 saturated heterocycles. The van der Waals surface area contributed by atoms with E-state index < -0.39 is 38.5 Å². The molecule has 7 rings (SSSR count). The summed E-state index contributed by atoms with van der Waals surface area (Å²) in [4.78, 5) is 13.4. The molecular weight excluding hydrogens is 710 g/mol. The number of likely N-dealkylation sites (tertiary alicyclic amines) is 1. The summed E-state index contributed by atoms with van der Waals surface area (Å²) >= 11 is 1.43. The number of halogens is 3. The number of thiazole rings is 1. The third kappa shape index (κ3) is 7.87. The highest BCUT2D eigenvalue weighted by molar-refractivity contribution is 7.13. The number of nitrogens with zero attached hydrogens (tertiary/aromatic N) is 3. The van der Waals surface area contributed by atoms with E-state index in [1.165, 1.54) is 11.3 Å². The average Bonchev–Trinajstić information content (AvgIpc) is 3.76. The number of nitrogens with one attached hydrogen (secondary N) is 1. The zero-order chi connectivity index (χ0) is 37.2. The molecule has 0 saturated carbocycles. The Morgan fingerprint density at radius 2 is 1.64 bits per heavy atom. The lowest BCUT2D eigenvalue weighted by Crippen LogP contribution is -2.67. The van der Waals surface area contributed by atoms with E-state index in [9.17, 15) is 4.39 Å². The monoisotopic (exact) mass is 760 g/mol. The Morgan fingerprint density at radius 3 is 2.32 bits per heavy atom. The Bertz CT molecular complexity index is 1910. The number of aromatic amines is 1. The lowest BCUT2D eigenvalue weighted by Gasteiger charge is -2.45. The number of aromatic nitrogens is 2. The molecule has 53 heavy (non-hydrogen) atoms. The molecule has 0 radical (unpaired) electrons. The summed E-state index contributed by atoms with van der Waals surface area (Å²) in [5.74, 6) is -3.17. The van der Waals surface area contributed by atoms with E-state index in [4.69, 9.17) is 9.16 Å². The Morgan fingerprint density at radius 1 is 0.962 bits per heavy atom. The number of rotatable bonds is 13. The largest absolute Gasteiger partial charge is 0.465 e. The fourth-order valence-electron chi connectivity index (χ4n) is 8.54. The van der Waals surface area contributed by atoms with Gasteiger partial charge in [-0.15, -0.1) is 0 Å². The van der Waals surface area contributed by atoms with Crippen LogP contribution in [0.4, 0.5) is 13.2 Å². The van der Waals surface area contributed by atoms with Crippen molar-refractivity contribution in [3.63, 3.8) is 0 Å². The van der Waals surface area contributed by atoms with Crippen LogP contribution < -0.4 is 15.1 Å². The molecule has 3 atom stereocenters. The fourth-order valence-corrected chi connectivity index (χ4v) is 14.1. The van der Waals surface area contributed by atoms with Gasteiger partial charge in [-0.25, -0.2) is 13.8 Å². The molecule has 11 heteroatoms. The molecule has 5 aromatic rings. The van der Waals surface area contributed by atoms with E-state index in [1.54, 1.807) is 6.20 Å². The number of alkyl halides is 3. The second-order valence-electron chi connectivity index (χ2n) is 15.8. The molecule has 1 fully saturated rings. The van der Waals surface area contributed by atoms with Crippen molar-refractivity contribution in [1.29, 1.82) is 0 Å². The van der Waals surface area contributed by atoms with Crippen LogP contribution in [-0.2, 0) is 10.8 Å². The maximum absolute atomic E-state index is 16.8. The van der Waals surface area contributed by atoms with Gasteiger partial charge in [-0.2, -0.15) is 0 Å². The Hall–Kier alpha value is -3.48. The van der Waals surface area contributed by atoms with Gasteiger partial charge in [-0.1, -0.05) is 111 Å². The summed E-state index contributed by atoms with van der Waals surface area (Å²) in [7, 11) is -3.18. The minimum atomic E-state index is -3.18. The van der Waals surface area contributed by atoms with Crippen LogP contribution in [0.5, 0.6) is 5.19 Å². The van der Waals surface area contributed by atoms with Crippen molar-refractivity contribution in [2.24, 2.45) is 0 Å². The summed E-state index contributed by atoms with van der Waals surface area (Å²) in [6, 6.07) is 27.4. The predicted octanol–water partition coefficient (Wildman–Crippen LogP) is 8.38. The van der Waals surface area contributed by atoms with Crippen molar-refractivity contribution in [3.8, 4) is 5.19 Å². The van der Waals surface area contributed by atoms with Gasteiger partial charge in [-0.3, -0.25) is 14.2 Å². The van der Waals surface area contributed by atoms with Crippen LogP contribution in [0.2, 0.25) is 5.04 Å². The highest BCUT2D eigenvalue weighted by Crippen LogP contribution is 2.45. The van der Waals surface area contributed by atoms with E-state index in [2.05, 4.69) is 41.7 Å². The van der Waals surface area contributed by atoms with Gasteiger partial charge in [0.25, 0.3) is 19.4 Å². The molecule has 0 amide bonds.